The second-order valence-corrected chi connectivity index (χ2v) is 6.09. The van der Waals surface area contributed by atoms with Crippen molar-refractivity contribution < 1.29 is 13.2 Å². The molecular formula is C11H16N4O3S. The van der Waals surface area contributed by atoms with Crippen molar-refractivity contribution in [2.24, 2.45) is 0 Å². The average molecular weight is 284 g/mol. The van der Waals surface area contributed by atoms with Gasteiger partial charge in [-0.2, -0.15) is 0 Å². The summed E-state index contributed by atoms with van der Waals surface area (Å²) in [5.41, 5.74) is 6.87. The molecule has 1 aromatic carbocycles. The van der Waals surface area contributed by atoms with Crippen LogP contribution in [0.15, 0.2) is 23.1 Å². The largest absolute Gasteiger partial charge is 0.397 e. The van der Waals surface area contributed by atoms with E-state index in [1.54, 1.807) is 4.90 Å². The number of carbonyl (C=O) groups is 1. The maximum absolute atomic E-state index is 11.8. The molecule has 104 valence electrons. The first-order valence-corrected chi connectivity index (χ1v) is 7.27. The van der Waals surface area contributed by atoms with Crippen molar-refractivity contribution in [2.75, 3.05) is 37.3 Å². The first-order valence-electron chi connectivity index (χ1n) is 5.79. The van der Waals surface area contributed by atoms with Gasteiger partial charge in [0.15, 0.2) is 0 Å². The van der Waals surface area contributed by atoms with Gasteiger partial charge in [-0.1, -0.05) is 0 Å². The minimum atomic E-state index is -3.52. The summed E-state index contributed by atoms with van der Waals surface area (Å²) in [6.07, 6.45) is 0. The molecule has 2 rings (SSSR count). The smallest absolute Gasteiger partial charge is 0.240 e. The van der Waals surface area contributed by atoms with Gasteiger partial charge >= 0.3 is 0 Å². The molecule has 19 heavy (non-hydrogen) atoms. The van der Waals surface area contributed by atoms with Crippen LogP contribution in [0, 0.1) is 0 Å². The Balaban J connectivity index is 2.40. The number of nitrogens with two attached hydrogens (primary N) is 1. The molecule has 1 saturated heterocycles. The fourth-order valence-electron chi connectivity index (χ4n) is 1.93. The zero-order valence-electron chi connectivity index (χ0n) is 10.5. The van der Waals surface area contributed by atoms with Crippen LogP contribution in [0.5, 0.6) is 0 Å². The Morgan fingerprint density at radius 3 is 2.79 bits per heavy atom. The summed E-state index contributed by atoms with van der Waals surface area (Å²) in [4.78, 5) is 13.3. The van der Waals surface area contributed by atoms with E-state index in [0.717, 1.165) is 0 Å². The van der Waals surface area contributed by atoms with Gasteiger partial charge in [-0.3, -0.25) is 4.79 Å². The Bertz CT molecular complexity index is 600. The van der Waals surface area contributed by atoms with Gasteiger partial charge in [-0.15, -0.1) is 0 Å². The van der Waals surface area contributed by atoms with E-state index in [1.807, 2.05) is 0 Å². The summed E-state index contributed by atoms with van der Waals surface area (Å²) in [6.45, 7) is 1.29. The number of benzene rings is 1. The maximum Gasteiger partial charge on any atom is 0.240 e. The molecule has 1 amide bonds. The van der Waals surface area contributed by atoms with Crippen LogP contribution in [0.2, 0.25) is 0 Å². The van der Waals surface area contributed by atoms with Crippen molar-refractivity contribution in [3.05, 3.63) is 18.2 Å². The van der Waals surface area contributed by atoms with Crippen molar-refractivity contribution >= 4 is 27.3 Å². The number of amides is 1. The van der Waals surface area contributed by atoms with Gasteiger partial charge in [-0.05, 0) is 25.2 Å². The number of hydrogen-bond acceptors (Lipinski definition) is 5. The van der Waals surface area contributed by atoms with Crippen LogP contribution in [0.4, 0.5) is 11.4 Å². The standard InChI is InChI=1S/C11H16N4O3S/c1-13-19(17,18)8-2-3-9(12)10(6-8)15-5-4-14-11(16)7-15/h2-3,6,13H,4-5,7,12H2,1H3,(H,14,16). The number of rotatable bonds is 3. The van der Waals surface area contributed by atoms with Gasteiger partial charge in [0.2, 0.25) is 15.9 Å². The fraction of sp³-hybridized carbons (Fsp3) is 0.364. The number of anilines is 2. The third-order valence-electron chi connectivity index (χ3n) is 2.96. The van der Waals surface area contributed by atoms with Crippen molar-refractivity contribution in [3.63, 3.8) is 0 Å². The van der Waals surface area contributed by atoms with E-state index in [0.29, 0.717) is 24.5 Å². The van der Waals surface area contributed by atoms with Gasteiger partial charge in [0.25, 0.3) is 0 Å². The molecule has 1 fully saturated rings. The summed E-state index contributed by atoms with van der Waals surface area (Å²) in [5.74, 6) is -0.104. The van der Waals surface area contributed by atoms with E-state index in [1.165, 1.54) is 25.2 Å². The highest BCUT2D eigenvalue weighted by Gasteiger charge is 2.20. The molecule has 0 unspecified atom stereocenters. The predicted octanol–water partition coefficient (Wildman–Crippen LogP) is -0.887. The minimum absolute atomic E-state index is 0.104. The average Bonchev–Trinajstić information content (AvgIpc) is 2.39. The Morgan fingerprint density at radius 1 is 1.42 bits per heavy atom. The van der Waals surface area contributed by atoms with E-state index < -0.39 is 10.0 Å². The van der Waals surface area contributed by atoms with Crippen LogP contribution >= 0.6 is 0 Å². The zero-order chi connectivity index (χ0) is 14.0. The second-order valence-electron chi connectivity index (χ2n) is 4.20. The minimum Gasteiger partial charge on any atom is -0.397 e. The Morgan fingerprint density at radius 2 is 2.16 bits per heavy atom. The summed E-state index contributed by atoms with van der Waals surface area (Å²) < 4.78 is 25.8. The van der Waals surface area contributed by atoms with Crippen molar-refractivity contribution in [1.29, 1.82) is 0 Å². The SMILES string of the molecule is CNS(=O)(=O)c1ccc(N)c(N2CCNC(=O)C2)c1. The molecule has 0 bridgehead atoms. The van der Waals surface area contributed by atoms with Crippen LogP contribution in [-0.2, 0) is 14.8 Å². The molecule has 0 atom stereocenters. The highest BCUT2D eigenvalue weighted by Crippen LogP contribution is 2.26. The van der Waals surface area contributed by atoms with Gasteiger partial charge in [0, 0.05) is 13.1 Å². The third kappa shape index (κ3) is 2.79. The van der Waals surface area contributed by atoms with Gasteiger partial charge in [0.05, 0.1) is 22.8 Å². The summed E-state index contributed by atoms with van der Waals surface area (Å²) >= 11 is 0. The van der Waals surface area contributed by atoms with Crippen molar-refractivity contribution in [2.45, 2.75) is 4.90 Å². The van der Waals surface area contributed by atoms with Crippen molar-refractivity contribution in [1.82, 2.24) is 10.0 Å². The quantitative estimate of drug-likeness (QED) is 0.625. The molecule has 1 aliphatic rings. The first kappa shape index (κ1) is 13.6. The topological polar surface area (TPSA) is 105 Å². The molecular weight excluding hydrogens is 268 g/mol. The number of nitrogens with one attached hydrogen (secondary N) is 2. The van der Waals surface area contributed by atoms with E-state index in [4.69, 9.17) is 5.73 Å². The molecule has 0 aliphatic carbocycles. The van der Waals surface area contributed by atoms with Crippen LogP contribution in [0.3, 0.4) is 0 Å². The molecule has 1 heterocycles. The molecule has 1 aromatic rings. The molecule has 8 heteroatoms. The van der Waals surface area contributed by atoms with Crippen LogP contribution < -0.4 is 20.7 Å². The normalized spacial score (nSPS) is 16.3. The van der Waals surface area contributed by atoms with E-state index >= 15 is 0 Å². The lowest BCUT2D eigenvalue weighted by Crippen LogP contribution is -2.48. The zero-order valence-corrected chi connectivity index (χ0v) is 11.3. The summed E-state index contributed by atoms with van der Waals surface area (Å²) in [5, 5.41) is 2.71. The maximum atomic E-state index is 11.8. The van der Waals surface area contributed by atoms with Gasteiger partial charge in [-0.25, -0.2) is 13.1 Å². The summed E-state index contributed by atoms with van der Waals surface area (Å²) in [7, 11) is -2.18. The van der Waals surface area contributed by atoms with Gasteiger partial charge < -0.3 is 16.0 Å². The second kappa shape index (κ2) is 5.06. The Kier molecular flexibility index (Phi) is 3.63. The molecule has 0 radical (unpaired) electrons. The van der Waals surface area contributed by atoms with Crippen LogP contribution in [0.25, 0.3) is 0 Å². The lowest BCUT2D eigenvalue weighted by molar-refractivity contribution is -0.120. The highest BCUT2D eigenvalue weighted by molar-refractivity contribution is 7.89. The number of hydrogen-bond donors (Lipinski definition) is 3. The van der Waals surface area contributed by atoms with Crippen molar-refractivity contribution in [3.8, 4) is 0 Å². The Hall–Kier alpha value is -1.80. The third-order valence-corrected chi connectivity index (χ3v) is 4.37. The monoisotopic (exact) mass is 284 g/mol. The predicted molar refractivity (Wildman–Crippen MR) is 72.3 cm³/mol. The summed E-state index contributed by atoms with van der Waals surface area (Å²) in [6, 6.07) is 4.46. The number of carbonyl (C=O) groups excluding carboxylic acids is 1. The molecule has 0 spiro atoms. The highest BCUT2D eigenvalue weighted by atomic mass is 32.2. The number of sulfonamides is 1. The molecule has 4 N–H and O–H groups in total. The molecule has 7 nitrogen and oxygen atoms in total. The van der Waals surface area contributed by atoms with Gasteiger partial charge in [0.1, 0.15) is 0 Å². The lowest BCUT2D eigenvalue weighted by Gasteiger charge is -2.29. The molecule has 1 aliphatic heterocycles. The molecule has 0 aromatic heterocycles. The van der Waals surface area contributed by atoms with Crippen LogP contribution in [-0.4, -0.2) is 41.0 Å². The fourth-order valence-corrected chi connectivity index (χ4v) is 2.68. The van der Waals surface area contributed by atoms with Crippen LogP contribution in [0.1, 0.15) is 0 Å². The number of piperazine rings is 1. The molecule has 0 saturated carbocycles. The van der Waals surface area contributed by atoms with E-state index in [-0.39, 0.29) is 17.3 Å². The van der Waals surface area contributed by atoms with E-state index in [9.17, 15) is 13.2 Å². The number of nitrogen functional groups attached to an aromatic ring is 1. The number of nitrogens with zero attached hydrogens (tertiary/aromatic N) is 1. The van der Waals surface area contributed by atoms with E-state index in [2.05, 4.69) is 10.0 Å². The Labute approximate surface area is 111 Å². The first-order chi connectivity index (χ1) is 8.94. The lowest BCUT2D eigenvalue weighted by atomic mass is 10.2.